The molecule has 88 valence electrons. The minimum absolute atomic E-state index is 0.330. The number of aromatic nitrogens is 2. The number of hydrogen-bond acceptors (Lipinski definition) is 4. The molecule has 0 aliphatic rings. The maximum atomic E-state index is 13.1. The largest absolute Gasteiger partial charge is 0.270 e. The Hall–Kier alpha value is -1.92. The van der Waals surface area contributed by atoms with Crippen molar-refractivity contribution >= 4 is 0 Å². The normalized spacial score (nSPS) is 12.4. The van der Waals surface area contributed by atoms with E-state index in [1.165, 1.54) is 24.5 Å². The van der Waals surface area contributed by atoms with Gasteiger partial charge in [0, 0.05) is 18.5 Å². The highest BCUT2D eigenvalue weighted by atomic mass is 19.1. The van der Waals surface area contributed by atoms with Crippen molar-refractivity contribution in [2.45, 2.75) is 6.04 Å². The van der Waals surface area contributed by atoms with E-state index in [0.29, 0.717) is 11.4 Å². The van der Waals surface area contributed by atoms with Crippen molar-refractivity contribution in [3.05, 3.63) is 59.7 Å². The third-order valence-electron chi connectivity index (χ3n) is 2.23. The van der Waals surface area contributed by atoms with E-state index in [4.69, 9.17) is 5.84 Å². The SMILES string of the molecule is NNC(c1cc(F)cc(F)c1)c1ncccn1. The number of nitrogens with two attached hydrogens (primary N) is 1. The lowest BCUT2D eigenvalue weighted by Crippen LogP contribution is -2.30. The van der Waals surface area contributed by atoms with Crippen molar-refractivity contribution < 1.29 is 8.78 Å². The zero-order chi connectivity index (χ0) is 12.3. The van der Waals surface area contributed by atoms with Crippen molar-refractivity contribution in [3.8, 4) is 0 Å². The molecule has 1 unspecified atom stereocenters. The molecule has 0 fully saturated rings. The summed E-state index contributed by atoms with van der Waals surface area (Å²) >= 11 is 0. The third-order valence-corrected chi connectivity index (χ3v) is 2.23. The molecule has 0 saturated heterocycles. The molecule has 0 aliphatic carbocycles. The molecule has 0 amide bonds. The predicted molar refractivity (Wildman–Crippen MR) is 57.6 cm³/mol. The number of nitrogens with zero attached hydrogens (tertiary/aromatic N) is 2. The van der Waals surface area contributed by atoms with Crippen molar-refractivity contribution in [3.63, 3.8) is 0 Å². The van der Waals surface area contributed by atoms with Crippen LogP contribution in [0.5, 0.6) is 0 Å². The lowest BCUT2D eigenvalue weighted by atomic mass is 10.1. The van der Waals surface area contributed by atoms with Gasteiger partial charge in [0.05, 0.1) is 0 Å². The van der Waals surface area contributed by atoms with Crippen LogP contribution in [0, 0.1) is 11.6 Å². The maximum absolute atomic E-state index is 13.1. The molecule has 1 aromatic carbocycles. The van der Waals surface area contributed by atoms with Crippen LogP contribution in [0.15, 0.2) is 36.7 Å². The lowest BCUT2D eigenvalue weighted by Gasteiger charge is -2.14. The molecule has 0 saturated carbocycles. The van der Waals surface area contributed by atoms with Crippen LogP contribution >= 0.6 is 0 Å². The van der Waals surface area contributed by atoms with Crippen LogP contribution < -0.4 is 11.3 Å². The van der Waals surface area contributed by atoms with Crippen molar-refractivity contribution in [1.82, 2.24) is 15.4 Å². The first-order chi connectivity index (χ1) is 8.20. The molecule has 1 aromatic heterocycles. The Bertz CT molecular complexity index is 484. The summed E-state index contributed by atoms with van der Waals surface area (Å²) in [6.07, 6.45) is 3.06. The van der Waals surface area contributed by atoms with Crippen LogP contribution in [0.3, 0.4) is 0 Å². The minimum atomic E-state index is -0.670. The first-order valence-electron chi connectivity index (χ1n) is 4.89. The first kappa shape index (κ1) is 11.6. The second kappa shape index (κ2) is 4.94. The summed E-state index contributed by atoms with van der Waals surface area (Å²) in [7, 11) is 0. The van der Waals surface area contributed by atoms with Gasteiger partial charge in [-0.2, -0.15) is 0 Å². The smallest absolute Gasteiger partial charge is 0.150 e. The highest BCUT2D eigenvalue weighted by molar-refractivity contribution is 5.26. The molecule has 0 aliphatic heterocycles. The van der Waals surface area contributed by atoms with E-state index < -0.39 is 17.7 Å². The quantitative estimate of drug-likeness (QED) is 0.623. The van der Waals surface area contributed by atoms with Gasteiger partial charge in [0.15, 0.2) is 5.82 Å². The molecule has 17 heavy (non-hydrogen) atoms. The van der Waals surface area contributed by atoms with Crippen molar-refractivity contribution in [1.29, 1.82) is 0 Å². The van der Waals surface area contributed by atoms with Crippen LogP contribution in [-0.4, -0.2) is 9.97 Å². The van der Waals surface area contributed by atoms with Crippen LogP contribution in [0.4, 0.5) is 8.78 Å². The van der Waals surface area contributed by atoms with Gasteiger partial charge < -0.3 is 0 Å². The van der Waals surface area contributed by atoms with Crippen LogP contribution in [-0.2, 0) is 0 Å². The van der Waals surface area contributed by atoms with Gasteiger partial charge in [-0.15, -0.1) is 0 Å². The molecular weight excluding hydrogens is 226 g/mol. The Morgan fingerprint density at radius 1 is 1.06 bits per heavy atom. The first-order valence-corrected chi connectivity index (χ1v) is 4.89. The summed E-state index contributed by atoms with van der Waals surface area (Å²) in [6, 6.07) is 4.15. The number of hydrogen-bond donors (Lipinski definition) is 2. The average Bonchev–Trinajstić information content (AvgIpc) is 2.30. The molecule has 1 atom stereocenters. The lowest BCUT2D eigenvalue weighted by molar-refractivity contribution is 0.557. The average molecular weight is 236 g/mol. The fourth-order valence-corrected chi connectivity index (χ4v) is 1.52. The second-order valence-electron chi connectivity index (χ2n) is 3.41. The monoisotopic (exact) mass is 236 g/mol. The third kappa shape index (κ3) is 2.61. The highest BCUT2D eigenvalue weighted by Gasteiger charge is 2.16. The zero-order valence-corrected chi connectivity index (χ0v) is 8.77. The standard InChI is InChI=1S/C11H10F2N4/c12-8-4-7(5-9(13)6-8)10(17-14)11-15-2-1-3-16-11/h1-6,10,17H,14H2. The number of hydrazine groups is 1. The number of nitrogens with one attached hydrogen (secondary N) is 1. The Balaban J connectivity index is 2.42. The van der Waals surface area contributed by atoms with Gasteiger partial charge in [-0.25, -0.2) is 24.2 Å². The van der Waals surface area contributed by atoms with Gasteiger partial charge in [0.2, 0.25) is 0 Å². The van der Waals surface area contributed by atoms with E-state index in [1.54, 1.807) is 6.07 Å². The summed E-state index contributed by atoms with van der Waals surface area (Å²) in [6.45, 7) is 0. The molecule has 4 nitrogen and oxygen atoms in total. The molecule has 3 N–H and O–H groups in total. The highest BCUT2D eigenvalue weighted by Crippen LogP contribution is 2.19. The summed E-state index contributed by atoms with van der Waals surface area (Å²) in [5.74, 6) is 4.37. The number of halogens is 2. The molecule has 0 spiro atoms. The van der Waals surface area contributed by atoms with E-state index in [9.17, 15) is 8.78 Å². The van der Waals surface area contributed by atoms with Crippen LogP contribution in [0.1, 0.15) is 17.4 Å². The van der Waals surface area contributed by atoms with E-state index >= 15 is 0 Å². The Morgan fingerprint density at radius 3 is 2.18 bits per heavy atom. The Labute approximate surface area is 96.5 Å². The number of rotatable bonds is 3. The van der Waals surface area contributed by atoms with Gasteiger partial charge >= 0.3 is 0 Å². The van der Waals surface area contributed by atoms with E-state index in [2.05, 4.69) is 15.4 Å². The summed E-state index contributed by atoms with van der Waals surface area (Å²) in [4.78, 5) is 7.97. The van der Waals surface area contributed by atoms with Crippen molar-refractivity contribution in [2.24, 2.45) is 5.84 Å². The van der Waals surface area contributed by atoms with E-state index in [1.807, 2.05) is 0 Å². The molecular formula is C11H10F2N4. The molecule has 1 heterocycles. The number of benzene rings is 1. The zero-order valence-electron chi connectivity index (χ0n) is 8.77. The van der Waals surface area contributed by atoms with Crippen molar-refractivity contribution in [2.75, 3.05) is 0 Å². The molecule has 6 heteroatoms. The predicted octanol–water partition coefficient (Wildman–Crippen LogP) is 1.31. The minimum Gasteiger partial charge on any atom is -0.270 e. The summed E-state index contributed by atoms with van der Waals surface area (Å²) < 4.78 is 26.2. The van der Waals surface area contributed by atoms with E-state index in [0.717, 1.165) is 6.07 Å². The van der Waals surface area contributed by atoms with Gasteiger partial charge in [-0.1, -0.05) is 0 Å². The molecule has 0 radical (unpaired) electrons. The van der Waals surface area contributed by atoms with Gasteiger partial charge in [-0.3, -0.25) is 5.84 Å². The Kier molecular flexibility index (Phi) is 3.36. The maximum Gasteiger partial charge on any atom is 0.150 e. The molecule has 0 bridgehead atoms. The second-order valence-corrected chi connectivity index (χ2v) is 3.41. The Morgan fingerprint density at radius 2 is 1.65 bits per heavy atom. The van der Waals surface area contributed by atoms with Gasteiger partial charge in [0.1, 0.15) is 17.7 Å². The van der Waals surface area contributed by atoms with Crippen LogP contribution in [0.2, 0.25) is 0 Å². The van der Waals surface area contributed by atoms with Gasteiger partial charge in [-0.05, 0) is 23.8 Å². The topological polar surface area (TPSA) is 63.8 Å². The molecule has 2 rings (SSSR count). The fourth-order valence-electron chi connectivity index (χ4n) is 1.52. The fraction of sp³-hybridized carbons (Fsp3) is 0.0909. The van der Waals surface area contributed by atoms with E-state index in [-0.39, 0.29) is 0 Å². The van der Waals surface area contributed by atoms with Gasteiger partial charge in [0.25, 0.3) is 0 Å². The summed E-state index contributed by atoms with van der Waals surface area (Å²) in [5, 5.41) is 0. The summed E-state index contributed by atoms with van der Waals surface area (Å²) in [5.41, 5.74) is 2.76. The van der Waals surface area contributed by atoms with Crippen LogP contribution in [0.25, 0.3) is 0 Å². The molecule has 2 aromatic rings.